The lowest BCUT2D eigenvalue weighted by atomic mass is 10.1. The fraction of sp³-hybridized carbons (Fsp3) is 0.273. The first-order chi connectivity index (χ1) is 7.63. The van der Waals surface area contributed by atoms with Crippen LogP contribution in [0.3, 0.4) is 0 Å². The topological polar surface area (TPSA) is 51.0 Å². The molecule has 3 N–H and O–H groups in total. The molecular weight excluding hydrogens is 250 g/mol. The van der Waals surface area contributed by atoms with Crippen LogP contribution in [-0.2, 0) is 0 Å². The van der Waals surface area contributed by atoms with E-state index < -0.39 is 12.5 Å². The van der Waals surface area contributed by atoms with E-state index in [1.807, 2.05) is 0 Å². The highest BCUT2D eigenvalue weighted by Crippen LogP contribution is 2.29. The highest BCUT2D eigenvalue weighted by Gasteiger charge is 2.20. The lowest BCUT2D eigenvalue weighted by Crippen LogP contribution is -2.18. The molecule has 1 heterocycles. The van der Waals surface area contributed by atoms with Gasteiger partial charge in [0, 0.05) is 22.7 Å². The van der Waals surface area contributed by atoms with Gasteiger partial charge in [-0.15, -0.1) is 12.4 Å². The van der Waals surface area contributed by atoms with Gasteiger partial charge in [-0.3, -0.25) is 0 Å². The number of rotatable bonds is 3. The van der Waals surface area contributed by atoms with Crippen molar-refractivity contribution in [2.75, 3.05) is 7.11 Å². The Kier molecular flexibility index (Phi) is 4.31. The van der Waals surface area contributed by atoms with Crippen molar-refractivity contribution in [1.82, 2.24) is 4.98 Å². The van der Waals surface area contributed by atoms with E-state index >= 15 is 0 Å². The first-order valence-corrected chi connectivity index (χ1v) is 4.82. The Morgan fingerprint density at radius 2 is 2.06 bits per heavy atom. The molecule has 0 spiro atoms. The van der Waals surface area contributed by atoms with Crippen molar-refractivity contribution in [1.29, 1.82) is 0 Å². The summed E-state index contributed by atoms with van der Waals surface area (Å²) >= 11 is 0. The number of fused-ring (bicyclic) bond motifs is 1. The van der Waals surface area contributed by atoms with E-state index in [1.165, 1.54) is 13.3 Å². The van der Waals surface area contributed by atoms with E-state index in [0.717, 1.165) is 5.52 Å². The maximum Gasteiger partial charge on any atom is 0.257 e. The monoisotopic (exact) mass is 262 g/mol. The minimum Gasteiger partial charge on any atom is -0.497 e. The Morgan fingerprint density at radius 1 is 1.35 bits per heavy atom. The zero-order chi connectivity index (χ0) is 11.7. The molecule has 1 aromatic heterocycles. The highest BCUT2D eigenvalue weighted by atomic mass is 35.5. The van der Waals surface area contributed by atoms with Crippen LogP contribution in [-0.4, -0.2) is 18.5 Å². The lowest BCUT2D eigenvalue weighted by Gasteiger charge is -2.09. The molecule has 0 aliphatic rings. The summed E-state index contributed by atoms with van der Waals surface area (Å²) in [5, 5.41) is 0.673. The summed E-state index contributed by atoms with van der Waals surface area (Å²) in [6, 6.07) is 3.95. The van der Waals surface area contributed by atoms with Gasteiger partial charge in [0.25, 0.3) is 6.43 Å². The fourth-order valence-corrected chi connectivity index (χ4v) is 1.66. The summed E-state index contributed by atoms with van der Waals surface area (Å²) in [5.74, 6) is 0.620. The van der Waals surface area contributed by atoms with Crippen molar-refractivity contribution in [3.8, 4) is 5.75 Å². The van der Waals surface area contributed by atoms with E-state index in [0.29, 0.717) is 16.7 Å². The number of aromatic amines is 1. The molecule has 1 atom stereocenters. The summed E-state index contributed by atoms with van der Waals surface area (Å²) < 4.78 is 30.1. The van der Waals surface area contributed by atoms with Gasteiger partial charge in [0.2, 0.25) is 0 Å². The Labute approximate surface area is 103 Å². The molecule has 0 saturated heterocycles. The highest BCUT2D eigenvalue weighted by molar-refractivity contribution is 5.85. The predicted octanol–water partition coefficient (Wildman–Crippen LogP) is 2.86. The summed E-state index contributed by atoms with van der Waals surface area (Å²) in [4.78, 5) is 2.91. The van der Waals surface area contributed by atoms with Crippen LogP contribution in [0.5, 0.6) is 5.75 Å². The maximum absolute atomic E-state index is 12.5. The van der Waals surface area contributed by atoms with Gasteiger partial charge < -0.3 is 15.5 Å². The van der Waals surface area contributed by atoms with Gasteiger partial charge in [-0.1, -0.05) is 0 Å². The van der Waals surface area contributed by atoms with Gasteiger partial charge in [0.15, 0.2) is 0 Å². The Bertz CT molecular complexity index is 501. The first kappa shape index (κ1) is 13.7. The van der Waals surface area contributed by atoms with Crippen LogP contribution in [0.4, 0.5) is 8.78 Å². The molecule has 0 radical (unpaired) electrons. The second-order valence-corrected chi connectivity index (χ2v) is 3.52. The van der Waals surface area contributed by atoms with E-state index in [-0.39, 0.29) is 12.4 Å². The molecule has 0 aliphatic heterocycles. The number of benzene rings is 1. The summed E-state index contributed by atoms with van der Waals surface area (Å²) in [5.41, 5.74) is 6.61. The number of alkyl halides is 2. The molecular formula is C11H13ClF2N2O. The third-order valence-corrected chi connectivity index (χ3v) is 2.55. The number of halogens is 3. The number of H-pyrrole nitrogens is 1. The van der Waals surface area contributed by atoms with Crippen LogP contribution in [0.2, 0.25) is 0 Å². The van der Waals surface area contributed by atoms with Crippen LogP contribution in [0, 0.1) is 0 Å². The third-order valence-electron chi connectivity index (χ3n) is 2.55. The average Bonchev–Trinajstić information content (AvgIpc) is 2.70. The van der Waals surface area contributed by atoms with Crippen molar-refractivity contribution in [3.05, 3.63) is 30.0 Å². The number of nitrogens with two attached hydrogens (primary N) is 1. The number of methoxy groups -OCH3 is 1. The van der Waals surface area contributed by atoms with E-state index in [4.69, 9.17) is 10.5 Å². The van der Waals surface area contributed by atoms with Crippen LogP contribution < -0.4 is 10.5 Å². The zero-order valence-electron chi connectivity index (χ0n) is 9.11. The van der Waals surface area contributed by atoms with E-state index in [2.05, 4.69) is 4.98 Å². The smallest absolute Gasteiger partial charge is 0.257 e. The van der Waals surface area contributed by atoms with Crippen molar-refractivity contribution in [3.63, 3.8) is 0 Å². The molecule has 0 bridgehead atoms. The first-order valence-electron chi connectivity index (χ1n) is 4.82. The Hall–Kier alpha value is -1.33. The van der Waals surface area contributed by atoms with Crippen molar-refractivity contribution in [2.45, 2.75) is 12.5 Å². The molecule has 6 heteroatoms. The Balaban J connectivity index is 0.00000144. The number of nitrogens with one attached hydrogen (secondary N) is 1. The molecule has 1 aromatic carbocycles. The predicted molar refractivity (Wildman–Crippen MR) is 65.0 cm³/mol. The number of ether oxygens (including phenoxy) is 1. The summed E-state index contributed by atoms with van der Waals surface area (Å²) in [6.07, 6.45) is -1.06. The Morgan fingerprint density at radius 3 is 2.65 bits per heavy atom. The number of hydrogen-bond donors (Lipinski definition) is 2. The second-order valence-electron chi connectivity index (χ2n) is 3.52. The summed E-state index contributed by atoms with van der Waals surface area (Å²) in [7, 11) is 1.53. The van der Waals surface area contributed by atoms with Crippen LogP contribution in [0.25, 0.3) is 10.9 Å². The van der Waals surface area contributed by atoms with Crippen molar-refractivity contribution < 1.29 is 13.5 Å². The molecule has 2 rings (SSSR count). The largest absolute Gasteiger partial charge is 0.497 e. The van der Waals surface area contributed by atoms with Crippen LogP contribution >= 0.6 is 12.4 Å². The van der Waals surface area contributed by atoms with Gasteiger partial charge >= 0.3 is 0 Å². The van der Waals surface area contributed by atoms with E-state index in [1.54, 1.807) is 18.2 Å². The molecule has 3 nitrogen and oxygen atoms in total. The normalized spacial score (nSPS) is 12.5. The zero-order valence-corrected chi connectivity index (χ0v) is 9.93. The molecule has 17 heavy (non-hydrogen) atoms. The standard InChI is InChI=1S/C11H12F2N2O.ClH/c1-16-6-2-3-9-7(4-6)8(5-15-9)10(14)11(12)13;/h2-5,10-11,15H,14H2,1H3;1H/t10-;/m1./s1. The minimum absolute atomic E-state index is 0. The SMILES string of the molecule is COc1ccc2[nH]cc([C@@H](N)C(F)F)c2c1.Cl. The average molecular weight is 263 g/mol. The molecule has 94 valence electrons. The van der Waals surface area contributed by atoms with Gasteiger partial charge in [-0.05, 0) is 18.2 Å². The van der Waals surface area contributed by atoms with Crippen molar-refractivity contribution >= 4 is 23.3 Å². The minimum atomic E-state index is -2.58. The quantitative estimate of drug-likeness (QED) is 0.894. The van der Waals surface area contributed by atoms with Gasteiger partial charge in [-0.2, -0.15) is 0 Å². The van der Waals surface area contributed by atoms with E-state index in [9.17, 15) is 8.78 Å². The number of hydrogen-bond acceptors (Lipinski definition) is 2. The van der Waals surface area contributed by atoms with Gasteiger partial charge in [0.05, 0.1) is 13.2 Å². The molecule has 0 unspecified atom stereocenters. The molecule has 0 fully saturated rings. The third kappa shape index (κ3) is 2.50. The van der Waals surface area contributed by atoms with Gasteiger partial charge in [-0.25, -0.2) is 8.78 Å². The van der Waals surface area contributed by atoms with Crippen molar-refractivity contribution in [2.24, 2.45) is 5.73 Å². The van der Waals surface area contributed by atoms with Crippen LogP contribution in [0.15, 0.2) is 24.4 Å². The maximum atomic E-state index is 12.5. The fourth-order valence-electron chi connectivity index (χ4n) is 1.66. The molecule has 0 saturated carbocycles. The van der Waals surface area contributed by atoms with Gasteiger partial charge in [0.1, 0.15) is 5.75 Å². The molecule has 2 aromatic rings. The molecule has 0 amide bonds. The molecule has 0 aliphatic carbocycles. The summed E-state index contributed by atoms with van der Waals surface area (Å²) in [6.45, 7) is 0. The lowest BCUT2D eigenvalue weighted by molar-refractivity contribution is 0.117. The second kappa shape index (κ2) is 5.33. The number of aromatic nitrogens is 1. The van der Waals surface area contributed by atoms with Crippen LogP contribution in [0.1, 0.15) is 11.6 Å².